The summed E-state index contributed by atoms with van der Waals surface area (Å²) >= 11 is 0. The van der Waals surface area contributed by atoms with Crippen molar-refractivity contribution in [2.24, 2.45) is 0 Å². The molecule has 2 rings (SSSR count). The monoisotopic (exact) mass is 363 g/mol. The van der Waals surface area contributed by atoms with Gasteiger partial charge < -0.3 is 14.7 Å². The fourth-order valence-corrected chi connectivity index (χ4v) is 2.39. The molecule has 0 atom stereocenters. The zero-order valence-electron chi connectivity index (χ0n) is 15.1. The molecule has 26 heavy (non-hydrogen) atoms. The minimum absolute atomic E-state index is 0.117. The van der Waals surface area contributed by atoms with Crippen molar-refractivity contribution in [3.05, 3.63) is 65.2 Å². The zero-order valence-corrected chi connectivity index (χ0v) is 15.1. The van der Waals surface area contributed by atoms with Gasteiger partial charge in [-0.3, -0.25) is 0 Å². The number of carbonyl (C=O) groups is 1. The van der Waals surface area contributed by atoms with Crippen molar-refractivity contribution in [2.45, 2.75) is 39.3 Å². The Bertz CT molecular complexity index is 758. The van der Waals surface area contributed by atoms with E-state index in [2.05, 4.69) is 0 Å². The fraction of sp³-hybridized carbons (Fsp3) is 0.350. The lowest BCUT2D eigenvalue weighted by molar-refractivity contribution is 0.0235. The Labute approximate surface area is 152 Å². The van der Waals surface area contributed by atoms with Crippen LogP contribution in [0.4, 0.5) is 13.6 Å². The summed E-state index contributed by atoms with van der Waals surface area (Å²) in [5.41, 5.74) is 0.372. The van der Waals surface area contributed by atoms with Gasteiger partial charge in [-0.15, -0.1) is 0 Å². The number of amides is 1. The molecular weight excluding hydrogens is 340 g/mol. The topological polar surface area (TPSA) is 49.8 Å². The lowest BCUT2D eigenvalue weighted by Crippen LogP contribution is -2.37. The summed E-state index contributed by atoms with van der Waals surface area (Å²) in [6, 6.07) is 11.0. The van der Waals surface area contributed by atoms with E-state index >= 15 is 0 Å². The molecule has 0 spiro atoms. The molecule has 1 amide bonds. The lowest BCUT2D eigenvalue weighted by Gasteiger charge is -2.27. The molecule has 0 fully saturated rings. The Morgan fingerprint density at radius 1 is 1.12 bits per heavy atom. The number of halogens is 2. The minimum atomic E-state index is -1.01. The number of ether oxygens (including phenoxy) is 1. The summed E-state index contributed by atoms with van der Waals surface area (Å²) in [6.45, 7) is 5.76. The Morgan fingerprint density at radius 3 is 2.38 bits per heavy atom. The predicted octanol–water partition coefficient (Wildman–Crippen LogP) is 4.65. The van der Waals surface area contributed by atoms with Gasteiger partial charge in [-0.2, -0.15) is 0 Å². The number of benzene rings is 2. The summed E-state index contributed by atoms with van der Waals surface area (Å²) in [7, 11) is 0. The highest BCUT2D eigenvalue weighted by atomic mass is 19.1. The smallest absolute Gasteiger partial charge is 0.410 e. The number of phenolic OH excluding ortho intramolecular Hbond substituents is 1. The van der Waals surface area contributed by atoms with Gasteiger partial charge in [-0.1, -0.05) is 30.3 Å². The summed E-state index contributed by atoms with van der Waals surface area (Å²) < 4.78 is 32.5. The molecule has 0 aliphatic rings. The van der Waals surface area contributed by atoms with E-state index in [-0.39, 0.29) is 18.5 Å². The van der Waals surface area contributed by atoms with Crippen LogP contribution in [-0.4, -0.2) is 28.2 Å². The standard InChI is InChI=1S/C20H23F2NO3/c1-20(2,3)26-19(25)23(13-14-7-5-4-6-8-14)10-9-15-11-18(24)17(22)12-16(15)21/h4-8,11-12,24H,9-10,13H2,1-3H3. The molecule has 0 aromatic heterocycles. The van der Waals surface area contributed by atoms with Gasteiger partial charge in [0.15, 0.2) is 11.6 Å². The number of hydrogen-bond acceptors (Lipinski definition) is 3. The first-order valence-corrected chi connectivity index (χ1v) is 8.34. The third-order valence-electron chi connectivity index (χ3n) is 3.63. The molecule has 0 heterocycles. The van der Waals surface area contributed by atoms with Crippen LogP contribution < -0.4 is 0 Å². The highest BCUT2D eigenvalue weighted by Crippen LogP contribution is 2.21. The summed E-state index contributed by atoms with van der Waals surface area (Å²) in [5, 5.41) is 9.44. The third-order valence-corrected chi connectivity index (χ3v) is 3.63. The number of carbonyl (C=O) groups excluding carboxylic acids is 1. The van der Waals surface area contributed by atoms with Crippen molar-refractivity contribution >= 4 is 6.09 Å². The second-order valence-electron chi connectivity index (χ2n) is 7.03. The van der Waals surface area contributed by atoms with E-state index in [1.807, 2.05) is 30.3 Å². The maximum atomic E-state index is 13.9. The molecule has 140 valence electrons. The number of rotatable bonds is 5. The Balaban J connectivity index is 2.15. The molecule has 4 nitrogen and oxygen atoms in total. The molecule has 0 aliphatic heterocycles. The largest absolute Gasteiger partial charge is 0.505 e. The van der Waals surface area contributed by atoms with Crippen LogP contribution in [0.2, 0.25) is 0 Å². The number of aromatic hydroxyl groups is 1. The van der Waals surface area contributed by atoms with Crippen molar-refractivity contribution in [3.8, 4) is 5.75 Å². The summed E-state index contributed by atoms with van der Waals surface area (Å²) in [5.74, 6) is -2.39. The van der Waals surface area contributed by atoms with Gasteiger partial charge in [0.05, 0.1) is 0 Å². The third kappa shape index (κ3) is 5.72. The maximum absolute atomic E-state index is 13.9. The molecule has 0 unspecified atom stereocenters. The van der Waals surface area contributed by atoms with Gasteiger partial charge in [0.1, 0.15) is 11.4 Å². The quantitative estimate of drug-likeness (QED) is 0.841. The number of hydrogen-bond donors (Lipinski definition) is 1. The normalized spacial score (nSPS) is 11.3. The van der Waals surface area contributed by atoms with E-state index in [0.29, 0.717) is 12.6 Å². The van der Waals surface area contributed by atoms with Crippen LogP contribution in [0, 0.1) is 11.6 Å². The SMILES string of the molecule is CC(C)(C)OC(=O)N(CCc1cc(O)c(F)cc1F)Cc1ccccc1. The van der Waals surface area contributed by atoms with E-state index in [4.69, 9.17) is 4.74 Å². The van der Waals surface area contributed by atoms with Gasteiger partial charge >= 0.3 is 6.09 Å². The van der Waals surface area contributed by atoms with Gasteiger partial charge in [0, 0.05) is 19.2 Å². The van der Waals surface area contributed by atoms with Gasteiger partial charge in [-0.25, -0.2) is 13.6 Å². The minimum Gasteiger partial charge on any atom is -0.505 e. The molecule has 1 N–H and O–H groups in total. The van der Waals surface area contributed by atoms with Crippen molar-refractivity contribution < 1.29 is 23.4 Å². The van der Waals surface area contributed by atoms with Crippen molar-refractivity contribution in [2.75, 3.05) is 6.54 Å². The van der Waals surface area contributed by atoms with Crippen molar-refractivity contribution in [1.82, 2.24) is 4.90 Å². The Hall–Kier alpha value is -2.63. The second kappa shape index (κ2) is 8.17. The summed E-state index contributed by atoms with van der Waals surface area (Å²) in [6.07, 6.45) is -0.403. The zero-order chi connectivity index (χ0) is 19.3. The molecule has 0 bridgehead atoms. The molecule has 6 heteroatoms. The highest BCUT2D eigenvalue weighted by molar-refractivity contribution is 5.68. The average Bonchev–Trinajstić information content (AvgIpc) is 2.55. The molecule has 2 aromatic rings. The summed E-state index contributed by atoms with van der Waals surface area (Å²) in [4.78, 5) is 13.9. The van der Waals surface area contributed by atoms with E-state index in [9.17, 15) is 18.7 Å². The second-order valence-corrected chi connectivity index (χ2v) is 7.03. The van der Waals surface area contributed by atoms with E-state index in [0.717, 1.165) is 11.6 Å². The first kappa shape index (κ1) is 19.7. The lowest BCUT2D eigenvalue weighted by atomic mass is 10.1. The fourth-order valence-electron chi connectivity index (χ4n) is 2.39. The van der Waals surface area contributed by atoms with Gasteiger partial charge in [-0.05, 0) is 44.4 Å². The molecule has 0 saturated carbocycles. The Morgan fingerprint density at radius 2 is 1.77 bits per heavy atom. The van der Waals surface area contributed by atoms with Crippen LogP contribution in [0.3, 0.4) is 0 Å². The maximum Gasteiger partial charge on any atom is 0.410 e. The molecule has 0 saturated heterocycles. The van der Waals surface area contributed by atoms with Gasteiger partial charge in [0.25, 0.3) is 0 Å². The van der Waals surface area contributed by atoms with Gasteiger partial charge in [0.2, 0.25) is 0 Å². The van der Waals surface area contributed by atoms with E-state index in [1.165, 1.54) is 4.90 Å². The highest BCUT2D eigenvalue weighted by Gasteiger charge is 2.23. The molecule has 0 radical (unpaired) electrons. The van der Waals surface area contributed by atoms with Crippen LogP contribution in [0.5, 0.6) is 5.75 Å². The number of phenols is 1. The predicted molar refractivity (Wildman–Crippen MR) is 94.8 cm³/mol. The van der Waals surface area contributed by atoms with Crippen LogP contribution >= 0.6 is 0 Å². The Kier molecular flexibility index (Phi) is 6.18. The van der Waals surface area contributed by atoms with Crippen molar-refractivity contribution in [1.29, 1.82) is 0 Å². The molecule has 2 aromatic carbocycles. The average molecular weight is 363 g/mol. The van der Waals surface area contributed by atoms with Crippen molar-refractivity contribution in [3.63, 3.8) is 0 Å². The number of nitrogens with zero attached hydrogens (tertiary/aromatic N) is 1. The van der Waals surface area contributed by atoms with Crippen LogP contribution in [0.15, 0.2) is 42.5 Å². The molecule has 0 aliphatic carbocycles. The first-order chi connectivity index (χ1) is 12.2. The van der Waals surface area contributed by atoms with Crippen LogP contribution in [0.25, 0.3) is 0 Å². The first-order valence-electron chi connectivity index (χ1n) is 8.34. The van der Waals surface area contributed by atoms with Crippen LogP contribution in [0.1, 0.15) is 31.9 Å². The van der Waals surface area contributed by atoms with Crippen LogP contribution in [-0.2, 0) is 17.7 Å². The van der Waals surface area contributed by atoms with E-state index in [1.54, 1.807) is 20.8 Å². The van der Waals surface area contributed by atoms with E-state index < -0.39 is 29.1 Å². The molecular formula is C20H23F2NO3.